The van der Waals surface area contributed by atoms with Crippen LogP contribution in [-0.2, 0) is 19.2 Å². The standard InChI is InChI=1S/C23H44N8O5/c1-14(2)13-18(31-19(32)15-8-5-11-27-15)21(34)29-16(9-6-12-28-23(25)26)20(33)30-17(22(35)36)7-3-4-10-24/h14-18,27H,3-13,24H2,1-2H3,(H,29,34)(H,30,33)(H,31,32)(H,35,36)(H4,25,26,28). The maximum atomic E-state index is 13.2. The SMILES string of the molecule is CC(C)CC(NC(=O)C1CCCN1)C(=O)NC(CCCN=C(N)N)C(=O)NC(CCCCN)C(=O)O. The first-order valence-electron chi connectivity index (χ1n) is 12.7. The van der Waals surface area contributed by atoms with E-state index in [1.807, 2.05) is 13.8 Å². The molecule has 0 bridgehead atoms. The number of nitrogens with two attached hydrogens (primary N) is 3. The molecule has 0 aromatic carbocycles. The maximum Gasteiger partial charge on any atom is 0.326 e. The van der Waals surface area contributed by atoms with Crippen LogP contribution in [0.4, 0.5) is 0 Å². The number of nitrogens with one attached hydrogen (secondary N) is 4. The van der Waals surface area contributed by atoms with Crippen molar-refractivity contribution < 1.29 is 24.3 Å². The number of nitrogens with zero attached hydrogens (tertiary/aromatic N) is 1. The molecule has 0 aromatic rings. The zero-order valence-corrected chi connectivity index (χ0v) is 21.4. The van der Waals surface area contributed by atoms with Crippen molar-refractivity contribution >= 4 is 29.7 Å². The first-order chi connectivity index (χ1) is 17.0. The zero-order chi connectivity index (χ0) is 27.1. The highest BCUT2D eigenvalue weighted by Crippen LogP contribution is 2.10. The first-order valence-corrected chi connectivity index (χ1v) is 12.7. The van der Waals surface area contributed by atoms with E-state index in [0.29, 0.717) is 38.6 Å². The molecule has 0 spiro atoms. The normalized spacial score (nSPS) is 17.6. The van der Waals surface area contributed by atoms with Gasteiger partial charge in [-0.1, -0.05) is 13.8 Å². The molecule has 4 atom stereocenters. The molecule has 1 aliphatic rings. The summed E-state index contributed by atoms with van der Waals surface area (Å²) in [5.41, 5.74) is 16.2. The second-order valence-electron chi connectivity index (χ2n) is 9.53. The average molecular weight is 513 g/mol. The van der Waals surface area contributed by atoms with Gasteiger partial charge in [-0.2, -0.15) is 0 Å². The predicted molar refractivity (Wildman–Crippen MR) is 137 cm³/mol. The van der Waals surface area contributed by atoms with Gasteiger partial charge in [0.05, 0.1) is 6.04 Å². The second-order valence-corrected chi connectivity index (χ2v) is 9.53. The lowest BCUT2D eigenvalue weighted by atomic mass is 10.0. The Labute approximate surface area is 212 Å². The molecule has 1 rings (SSSR count). The van der Waals surface area contributed by atoms with Gasteiger partial charge in [-0.05, 0) is 70.4 Å². The summed E-state index contributed by atoms with van der Waals surface area (Å²) in [7, 11) is 0. The summed E-state index contributed by atoms with van der Waals surface area (Å²) >= 11 is 0. The zero-order valence-electron chi connectivity index (χ0n) is 21.4. The van der Waals surface area contributed by atoms with Crippen molar-refractivity contribution in [3.8, 4) is 0 Å². The van der Waals surface area contributed by atoms with E-state index in [4.69, 9.17) is 17.2 Å². The van der Waals surface area contributed by atoms with Crippen molar-refractivity contribution in [3.63, 3.8) is 0 Å². The van der Waals surface area contributed by atoms with Gasteiger partial charge in [0.15, 0.2) is 5.96 Å². The van der Waals surface area contributed by atoms with E-state index in [9.17, 15) is 24.3 Å². The molecule has 1 fully saturated rings. The van der Waals surface area contributed by atoms with Crippen molar-refractivity contribution in [2.75, 3.05) is 19.6 Å². The molecular formula is C23H44N8O5. The Morgan fingerprint density at radius 3 is 2.17 bits per heavy atom. The van der Waals surface area contributed by atoms with Crippen molar-refractivity contribution in [2.24, 2.45) is 28.1 Å². The Morgan fingerprint density at radius 2 is 1.61 bits per heavy atom. The minimum atomic E-state index is -1.17. The van der Waals surface area contributed by atoms with Crippen LogP contribution in [0.25, 0.3) is 0 Å². The minimum absolute atomic E-state index is 0.0916. The number of rotatable bonds is 17. The fourth-order valence-electron chi connectivity index (χ4n) is 3.95. The van der Waals surface area contributed by atoms with Gasteiger partial charge in [-0.3, -0.25) is 19.4 Å². The quantitative estimate of drug-likeness (QED) is 0.0643. The third-order valence-electron chi connectivity index (χ3n) is 5.86. The van der Waals surface area contributed by atoms with Gasteiger partial charge in [0.25, 0.3) is 0 Å². The van der Waals surface area contributed by atoms with Gasteiger partial charge in [-0.25, -0.2) is 4.79 Å². The molecule has 1 aliphatic heterocycles. The molecule has 0 saturated carbocycles. The summed E-state index contributed by atoms with van der Waals surface area (Å²) in [5.74, 6) is -2.54. The fourth-order valence-corrected chi connectivity index (χ4v) is 3.95. The summed E-state index contributed by atoms with van der Waals surface area (Å²) in [4.78, 5) is 54.4. The molecule has 36 heavy (non-hydrogen) atoms. The van der Waals surface area contributed by atoms with Crippen molar-refractivity contribution in [1.82, 2.24) is 21.3 Å². The summed E-state index contributed by atoms with van der Waals surface area (Å²) in [6.45, 7) is 5.26. The lowest BCUT2D eigenvalue weighted by Crippen LogP contribution is -2.57. The molecule has 206 valence electrons. The number of amides is 3. The topological polar surface area (TPSA) is 227 Å². The molecule has 0 aliphatic carbocycles. The molecule has 4 unspecified atom stereocenters. The fraction of sp³-hybridized carbons (Fsp3) is 0.783. The number of guanidine groups is 1. The predicted octanol–water partition coefficient (Wildman–Crippen LogP) is -1.49. The van der Waals surface area contributed by atoms with Crippen LogP contribution >= 0.6 is 0 Å². The van der Waals surface area contributed by atoms with E-state index < -0.39 is 35.9 Å². The third-order valence-corrected chi connectivity index (χ3v) is 5.86. The van der Waals surface area contributed by atoms with Crippen LogP contribution in [0.2, 0.25) is 0 Å². The van der Waals surface area contributed by atoms with Crippen LogP contribution in [0.3, 0.4) is 0 Å². The van der Waals surface area contributed by atoms with Gasteiger partial charge in [0.2, 0.25) is 17.7 Å². The van der Waals surface area contributed by atoms with Gasteiger partial charge in [-0.15, -0.1) is 0 Å². The van der Waals surface area contributed by atoms with Crippen molar-refractivity contribution in [2.45, 2.75) is 89.4 Å². The molecule has 1 heterocycles. The van der Waals surface area contributed by atoms with Crippen molar-refractivity contribution in [3.05, 3.63) is 0 Å². The molecule has 0 aromatic heterocycles. The highest BCUT2D eigenvalue weighted by atomic mass is 16.4. The van der Waals surface area contributed by atoms with E-state index in [1.54, 1.807) is 0 Å². The Balaban J connectivity index is 2.94. The van der Waals surface area contributed by atoms with E-state index in [1.165, 1.54) is 0 Å². The largest absolute Gasteiger partial charge is 0.480 e. The van der Waals surface area contributed by atoms with Gasteiger partial charge < -0.3 is 43.6 Å². The van der Waals surface area contributed by atoms with E-state index in [0.717, 1.165) is 13.0 Å². The Kier molecular flexibility index (Phi) is 14.4. The summed E-state index contributed by atoms with van der Waals surface area (Å²) in [6, 6.07) is -3.33. The Morgan fingerprint density at radius 1 is 0.972 bits per heavy atom. The Hall–Kier alpha value is -2.93. The lowest BCUT2D eigenvalue weighted by Gasteiger charge is -2.26. The first kappa shape index (κ1) is 31.1. The lowest BCUT2D eigenvalue weighted by molar-refractivity contribution is -0.142. The van der Waals surface area contributed by atoms with Crippen LogP contribution in [0.5, 0.6) is 0 Å². The summed E-state index contributed by atoms with van der Waals surface area (Å²) in [5, 5.41) is 20.7. The summed E-state index contributed by atoms with van der Waals surface area (Å²) < 4.78 is 0. The molecule has 0 radical (unpaired) electrons. The van der Waals surface area contributed by atoms with Crippen LogP contribution < -0.4 is 38.5 Å². The number of carbonyl (C=O) groups is 4. The average Bonchev–Trinajstić information content (AvgIpc) is 3.34. The van der Waals surface area contributed by atoms with E-state index in [-0.39, 0.29) is 43.2 Å². The Bertz CT molecular complexity index is 751. The monoisotopic (exact) mass is 512 g/mol. The number of hydrogen-bond donors (Lipinski definition) is 8. The van der Waals surface area contributed by atoms with Crippen LogP contribution in [-0.4, -0.2) is 78.6 Å². The number of carboxylic acids is 1. The number of unbranched alkanes of at least 4 members (excludes halogenated alkanes) is 1. The highest BCUT2D eigenvalue weighted by molar-refractivity contribution is 5.94. The van der Waals surface area contributed by atoms with E-state index in [2.05, 4.69) is 26.3 Å². The molecular weight excluding hydrogens is 468 g/mol. The van der Waals surface area contributed by atoms with Crippen LogP contribution in [0.15, 0.2) is 4.99 Å². The molecule has 3 amide bonds. The number of carbonyl (C=O) groups excluding carboxylic acids is 3. The maximum absolute atomic E-state index is 13.2. The van der Waals surface area contributed by atoms with E-state index >= 15 is 0 Å². The minimum Gasteiger partial charge on any atom is -0.480 e. The van der Waals surface area contributed by atoms with Gasteiger partial charge in [0, 0.05) is 6.54 Å². The number of aliphatic carboxylic acids is 1. The number of aliphatic imine (C=N–C) groups is 1. The highest BCUT2D eigenvalue weighted by Gasteiger charge is 2.31. The van der Waals surface area contributed by atoms with Crippen LogP contribution in [0, 0.1) is 5.92 Å². The van der Waals surface area contributed by atoms with Crippen molar-refractivity contribution in [1.29, 1.82) is 0 Å². The number of hydrogen-bond acceptors (Lipinski definition) is 7. The molecule has 13 heteroatoms. The van der Waals surface area contributed by atoms with Crippen LogP contribution in [0.1, 0.15) is 65.2 Å². The van der Waals surface area contributed by atoms with Gasteiger partial charge >= 0.3 is 5.97 Å². The molecule has 1 saturated heterocycles. The number of carboxylic acid groups (broad SMARTS) is 1. The second kappa shape index (κ2) is 16.7. The summed E-state index contributed by atoms with van der Waals surface area (Å²) in [6.07, 6.45) is 3.88. The molecule has 11 N–H and O–H groups in total. The third kappa shape index (κ3) is 12.2. The molecule has 13 nitrogen and oxygen atoms in total. The van der Waals surface area contributed by atoms with Gasteiger partial charge in [0.1, 0.15) is 18.1 Å². The smallest absolute Gasteiger partial charge is 0.326 e.